The number of halogens is 1. The number of ether oxygens (including phenoxy) is 2. The van der Waals surface area contributed by atoms with Gasteiger partial charge in [-0.25, -0.2) is 0 Å². The molecule has 0 aromatic heterocycles. The maximum atomic E-state index is 12.3. The van der Waals surface area contributed by atoms with Gasteiger partial charge in [-0.05, 0) is 36.8 Å². The van der Waals surface area contributed by atoms with Crippen LogP contribution in [0.25, 0.3) is 0 Å². The predicted octanol–water partition coefficient (Wildman–Crippen LogP) is 3.03. The summed E-state index contributed by atoms with van der Waals surface area (Å²) in [5.74, 6) is -0.0857. The lowest BCUT2D eigenvalue weighted by molar-refractivity contribution is -0.115. The van der Waals surface area contributed by atoms with E-state index in [4.69, 9.17) is 21.1 Å². The van der Waals surface area contributed by atoms with Crippen molar-refractivity contribution in [2.24, 2.45) is 0 Å². The molecule has 2 N–H and O–H groups in total. The first-order valence-corrected chi connectivity index (χ1v) is 7.89. The predicted molar refractivity (Wildman–Crippen MR) is 96.7 cm³/mol. The molecule has 0 saturated heterocycles. The summed E-state index contributed by atoms with van der Waals surface area (Å²) in [6, 6.07) is 10.2. The van der Waals surface area contributed by atoms with Gasteiger partial charge in [0.1, 0.15) is 0 Å². The van der Waals surface area contributed by atoms with Crippen LogP contribution in [0.5, 0.6) is 11.5 Å². The van der Waals surface area contributed by atoms with Crippen LogP contribution in [0.3, 0.4) is 0 Å². The highest BCUT2D eigenvalue weighted by Gasteiger charge is 2.17. The van der Waals surface area contributed by atoms with E-state index in [9.17, 15) is 9.59 Å². The fourth-order valence-corrected chi connectivity index (χ4v) is 2.52. The first kappa shape index (κ1) is 18.6. The molecule has 25 heavy (non-hydrogen) atoms. The monoisotopic (exact) mass is 362 g/mol. The van der Waals surface area contributed by atoms with Gasteiger partial charge >= 0.3 is 0 Å². The third kappa shape index (κ3) is 4.64. The molecule has 0 aliphatic heterocycles. The van der Waals surface area contributed by atoms with Crippen molar-refractivity contribution < 1.29 is 19.1 Å². The molecule has 0 heterocycles. The Morgan fingerprint density at radius 3 is 2.52 bits per heavy atom. The van der Waals surface area contributed by atoms with Crippen LogP contribution in [0.15, 0.2) is 36.4 Å². The molecule has 2 aromatic rings. The van der Waals surface area contributed by atoms with Gasteiger partial charge in [-0.2, -0.15) is 0 Å². The highest BCUT2D eigenvalue weighted by molar-refractivity contribution is 6.33. The average molecular weight is 363 g/mol. The van der Waals surface area contributed by atoms with Crippen LogP contribution in [0.1, 0.15) is 15.9 Å². The minimum atomic E-state index is -0.444. The Morgan fingerprint density at radius 1 is 1.12 bits per heavy atom. The number of hydrogen-bond acceptors (Lipinski definition) is 4. The molecule has 0 atom stereocenters. The van der Waals surface area contributed by atoms with Gasteiger partial charge < -0.3 is 20.1 Å². The smallest absolute Gasteiger partial charge is 0.255 e. The van der Waals surface area contributed by atoms with E-state index in [0.717, 1.165) is 5.56 Å². The number of amides is 2. The van der Waals surface area contributed by atoms with Crippen molar-refractivity contribution in [3.8, 4) is 11.5 Å². The number of carbonyl (C=O) groups is 2. The van der Waals surface area contributed by atoms with Crippen molar-refractivity contribution in [3.63, 3.8) is 0 Å². The normalized spacial score (nSPS) is 10.1. The van der Waals surface area contributed by atoms with Crippen molar-refractivity contribution in [1.29, 1.82) is 0 Å². The number of anilines is 1. The van der Waals surface area contributed by atoms with E-state index in [-0.39, 0.29) is 18.0 Å². The van der Waals surface area contributed by atoms with Crippen LogP contribution >= 0.6 is 11.6 Å². The van der Waals surface area contributed by atoms with E-state index in [0.29, 0.717) is 22.2 Å². The molecule has 0 spiro atoms. The molecule has 132 valence electrons. The summed E-state index contributed by atoms with van der Waals surface area (Å²) in [5, 5.41) is 5.64. The summed E-state index contributed by atoms with van der Waals surface area (Å²) in [7, 11) is 2.93. The molecule has 0 fully saturated rings. The fourth-order valence-electron chi connectivity index (χ4n) is 2.24. The standard InChI is InChI=1S/C18H19ClN2O4/c1-11-7-8-14(13(19)9-11)21-16(22)10-20-18(23)12-5-4-6-15(24-2)17(12)25-3/h4-9H,10H2,1-3H3,(H,20,23)(H,21,22). The number of aryl methyl sites for hydroxylation is 1. The number of nitrogens with one attached hydrogen (secondary N) is 2. The van der Waals surface area contributed by atoms with Crippen molar-refractivity contribution in [1.82, 2.24) is 5.32 Å². The summed E-state index contributed by atoms with van der Waals surface area (Å²) < 4.78 is 10.4. The SMILES string of the molecule is COc1cccc(C(=O)NCC(=O)Nc2ccc(C)cc2Cl)c1OC. The summed E-state index contributed by atoms with van der Waals surface area (Å²) in [6.45, 7) is 1.70. The highest BCUT2D eigenvalue weighted by atomic mass is 35.5. The maximum absolute atomic E-state index is 12.3. The fraction of sp³-hybridized carbons (Fsp3) is 0.222. The summed E-state index contributed by atoms with van der Waals surface area (Å²) in [4.78, 5) is 24.3. The average Bonchev–Trinajstić information content (AvgIpc) is 2.61. The van der Waals surface area contributed by atoms with Crippen LogP contribution in [0, 0.1) is 6.92 Å². The van der Waals surface area contributed by atoms with Gasteiger partial charge in [-0.1, -0.05) is 23.7 Å². The van der Waals surface area contributed by atoms with Crippen molar-refractivity contribution in [2.75, 3.05) is 26.1 Å². The van der Waals surface area contributed by atoms with E-state index < -0.39 is 5.91 Å². The van der Waals surface area contributed by atoms with E-state index >= 15 is 0 Å². The summed E-state index contributed by atoms with van der Waals surface area (Å²) in [6.07, 6.45) is 0. The van der Waals surface area contributed by atoms with E-state index in [1.54, 1.807) is 30.3 Å². The van der Waals surface area contributed by atoms with Gasteiger partial charge in [-0.3, -0.25) is 9.59 Å². The summed E-state index contributed by atoms with van der Waals surface area (Å²) >= 11 is 6.07. The number of methoxy groups -OCH3 is 2. The van der Waals surface area contributed by atoms with Gasteiger partial charge in [0, 0.05) is 0 Å². The second-order valence-electron chi connectivity index (χ2n) is 5.26. The molecular formula is C18H19ClN2O4. The molecule has 6 nitrogen and oxygen atoms in total. The highest BCUT2D eigenvalue weighted by Crippen LogP contribution is 2.30. The molecule has 2 aromatic carbocycles. The second-order valence-corrected chi connectivity index (χ2v) is 5.66. The number of rotatable bonds is 6. The van der Waals surface area contributed by atoms with Crippen LogP contribution < -0.4 is 20.1 Å². The van der Waals surface area contributed by atoms with E-state index in [2.05, 4.69) is 10.6 Å². The summed E-state index contributed by atoms with van der Waals surface area (Å²) in [5.41, 5.74) is 1.76. The Labute approximate surface area is 151 Å². The van der Waals surface area contributed by atoms with Gasteiger partial charge in [0.2, 0.25) is 5.91 Å². The largest absolute Gasteiger partial charge is 0.493 e. The van der Waals surface area contributed by atoms with Gasteiger partial charge in [0.15, 0.2) is 11.5 Å². The minimum absolute atomic E-state index is 0.205. The number of hydrogen-bond donors (Lipinski definition) is 2. The van der Waals surface area contributed by atoms with Crippen LogP contribution in [0.2, 0.25) is 5.02 Å². The molecule has 0 bridgehead atoms. The molecule has 0 aliphatic rings. The first-order valence-electron chi connectivity index (χ1n) is 7.51. The number of para-hydroxylation sites is 1. The lowest BCUT2D eigenvalue weighted by Crippen LogP contribution is -2.33. The molecule has 0 unspecified atom stereocenters. The molecule has 0 saturated carbocycles. The first-order chi connectivity index (χ1) is 12.0. The number of benzene rings is 2. The molecule has 0 radical (unpaired) electrons. The van der Waals surface area contributed by atoms with Crippen molar-refractivity contribution >= 4 is 29.1 Å². The Kier molecular flexibility index (Phi) is 6.25. The molecule has 2 amide bonds. The Hall–Kier alpha value is -2.73. The van der Waals surface area contributed by atoms with Crippen molar-refractivity contribution in [3.05, 3.63) is 52.5 Å². The molecule has 0 aliphatic carbocycles. The van der Waals surface area contributed by atoms with Gasteiger partial charge in [0.25, 0.3) is 5.91 Å². The Balaban J connectivity index is 2.01. The lowest BCUT2D eigenvalue weighted by atomic mass is 10.1. The third-order valence-electron chi connectivity index (χ3n) is 3.46. The quantitative estimate of drug-likeness (QED) is 0.828. The zero-order chi connectivity index (χ0) is 18.4. The van der Waals surface area contributed by atoms with Gasteiger partial charge in [0.05, 0.1) is 37.0 Å². The van der Waals surface area contributed by atoms with Crippen LogP contribution in [-0.2, 0) is 4.79 Å². The van der Waals surface area contributed by atoms with Crippen LogP contribution in [-0.4, -0.2) is 32.6 Å². The molecular weight excluding hydrogens is 344 g/mol. The lowest BCUT2D eigenvalue weighted by Gasteiger charge is -2.13. The Bertz CT molecular complexity index is 793. The third-order valence-corrected chi connectivity index (χ3v) is 3.77. The van der Waals surface area contributed by atoms with E-state index in [1.807, 2.05) is 13.0 Å². The van der Waals surface area contributed by atoms with Crippen molar-refractivity contribution in [2.45, 2.75) is 6.92 Å². The minimum Gasteiger partial charge on any atom is -0.493 e. The zero-order valence-electron chi connectivity index (χ0n) is 14.2. The molecule has 7 heteroatoms. The van der Waals surface area contributed by atoms with Gasteiger partial charge in [-0.15, -0.1) is 0 Å². The zero-order valence-corrected chi connectivity index (χ0v) is 14.9. The molecule has 2 rings (SSSR count). The van der Waals surface area contributed by atoms with Crippen LogP contribution in [0.4, 0.5) is 5.69 Å². The topological polar surface area (TPSA) is 76.7 Å². The second kappa shape index (κ2) is 8.39. The number of carbonyl (C=O) groups excluding carboxylic acids is 2. The maximum Gasteiger partial charge on any atom is 0.255 e. The van der Waals surface area contributed by atoms with E-state index in [1.165, 1.54) is 14.2 Å². The Morgan fingerprint density at radius 2 is 1.88 bits per heavy atom.